The number of anilines is 1. The zero-order valence-corrected chi connectivity index (χ0v) is 12.0. The third-order valence-corrected chi connectivity index (χ3v) is 4.05. The Morgan fingerprint density at radius 2 is 2.37 bits per heavy atom. The zero-order chi connectivity index (χ0) is 13.8. The fourth-order valence-corrected chi connectivity index (χ4v) is 3.02. The van der Waals surface area contributed by atoms with Gasteiger partial charge in [-0.3, -0.25) is 4.79 Å². The molecule has 1 unspecified atom stereocenters. The Labute approximate surface area is 117 Å². The summed E-state index contributed by atoms with van der Waals surface area (Å²) in [4.78, 5) is 14.3. The second-order valence-electron chi connectivity index (χ2n) is 4.60. The quantitative estimate of drug-likeness (QED) is 0.857. The maximum absolute atomic E-state index is 11.1. The van der Waals surface area contributed by atoms with Crippen molar-refractivity contribution in [1.29, 1.82) is 5.26 Å². The molecule has 1 atom stereocenters. The lowest BCUT2D eigenvalue weighted by molar-refractivity contribution is -0.119. The average Bonchev–Trinajstić information content (AvgIpc) is 2.85. The molecule has 1 heterocycles. The summed E-state index contributed by atoms with van der Waals surface area (Å²) in [5, 5.41) is 12.3. The first-order chi connectivity index (χ1) is 9.15. The van der Waals surface area contributed by atoms with Crippen LogP contribution in [0.1, 0.15) is 18.9 Å². The van der Waals surface area contributed by atoms with Crippen molar-refractivity contribution in [2.24, 2.45) is 0 Å². The Morgan fingerprint density at radius 3 is 3.00 bits per heavy atom. The molecule has 0 radical (unpaired) electrons. The first kappa shape index (κ1) is 13.8. The topological polar surface area (TPSA) is 56.1 Å². The highest BCUT2D eigenvalue weighted by atomic mass is 32.2. The van der Waals surface area contributed by atoms with Crippen LogP contribution in [0.5, 0.6) is 0 Å². The molecule has 19 heavy (non-hydrogen) atoms. The van der Waals surface area contributed by atoms with Gasteiger partial charge in [-0.05, 0) is 24.8 Å². The molecule has 0 aliphatic carbocycles. The molecule has 1 aliphatic rings. The predicted molar refractivity (Wildman–Crippen MR) is 77.4 cm³/mol. The summed E-state index contributed by atoms with van der Waals surface area (Å²) in [5.74, 6) is 0.00483. The number of hydrogen-bond donors (Lipinski definition) is 1. The minimum atomic E-state index is 0.00483. The molecular weight excluding hydrogens is 258 g/mol. The minimum absolute atomic E-state index is 0.00483. The molecule has 1 N–H and O–H groups in total. The maximum atomic E-state index is 11.1. The highest BCUT2D eigenvalue weighted by Crippen LogP contribution is 2.30. The first-order valence-corrected chi connectivity index (χ1v) is 7.47. The van der Waals surface area contributed by atoms with E-state index in [1.54, 1.807) is 11.8 Å². The van der Waals surface area contributed by atoms with E-state index in [-0.39, 0.29) is 11.9 Å². The van der Waals surface area contributed by atoms with E-state index in [2.05, 4.69) is 16.3 Å². The van der Waals surface area contributed by atoms with Crippen LogP contribution >= 0.6 is 11.8 Å². The average molecular weight is 275 g/mol. The highest BCUT2D eigenvalue weighted by molar-refractivity contribution is 7.98. The summed E-state index contributed by atoms with van der Waals surface area (Å²) >= 11 is 1.59. The maximum Gasteiger partial charge on any atom is 0.217 e. The number of amides is 1. The third-order valence-electron chi connectivity index (χ3n) is 3.27. The van der Waals surface area contributed by atoms with Gasteiger partial charge in [0.25, 0.3) is 0 Å². The summed E-state index contributed by atoms with van der Waals surface area (Å²) in [6.07, 6.45) is 2.90. The molecule has 1 aromatic rings. The molecule has 5 heteroatoms. The van der Waals surface area contributed by atoms with Crippen molar-refractivity contribution in [3.63, 3.8) is 0 Å². The van der Waals surface area contributed by atoms with Gasteiger partial charge in [0.05, 0.1) is 11.3 Å². The number of nitrogens with one attached hydrogen (secondary N) is 1. The molecular formula is C14H17N3OS. The molecule has 2 rings (SSSR count). The van der Waals surface area contributed by atoms with Crippen molar-refractivity contribution in [3.8, 4) is 6.07 Å². The van der Waals surface area contributed by atoms with Crippen molar-refractivity contribution in [3.05, 3.63) is 23.8 Å². The predicted octanol–water partition coefficient (Wildman–Crippen LogP) is 1.99. The summed E-state index contributed by atoms with van der Waals surface area (Å²) in [5.41, 5.74) is 1.71. The molecule has 0 saturated carbocycles. The molecule has 1 amide bonds. The van der Waals surface area contributed by atoms with E-state index >= 15 is 0 Å². The second-order valence-corrected chi connectivity index (χ2v) is 5.45. The number of nitrogens with zero attached hydrogens (tertiary/aromatic N) is 2. The van der Waals surface area contributed by atoms with Gasteiger partial charge in [0.2, 0.25) is 5.91 Å². The van der Waals surface area contributed by atoms with E-state index in [0.717, 1.165) is 35.7 Å². The molecule has 1 aromatic carbocycles. The number of carbonyl (C=O) groups is 1. The van der Waals surface area contributed by atoms with Crippen LogP contribution in [0, 0.1) is 11.3 Å². The first-order valence-electron chi connectivity index (χ1n) is 6.25. The smallest absolute Gasteiger partial charge is 0.217 e. The SMILES string of the molecule is CSc1cccc(N2CCC(NC(C)=O)C2)c1C#N. The van der Waals surface area contributed by atoms with Gasteiger partial charge in [0.15, 0.2) is 0 Å². The molecule has 1 saturated heterocycles. The van der Waals surface area contributed by atoms with Crippen LogP contribution in [0.25, 0.3) is 0 Å². The van der Waals surface area contributed by atoms with Gasteiger partial charge < -0.3 is 10.2 Å². The Balaban J connectivity index is 2.20. The van der Waals surface area contributed by atoms with Gasteiger partial charge >= 0.3 is 0 Å². The standard InChI is InChI=1S/C14H17N3OS/c1-10(18)16-11-6-7-17(9-11)13-4-3-5-14(19-2)12(13)8-15/h3-5,11H,6-7,9H2,1-2H3,(H,16,18). The fourth-order valence-electron chi connectivity index (χ4n) is 2.45. The van der Waals surface area contributed by atoms with Gasteiger partial charge in [0.1, 0.15) is 6.07 Å². The van der Waals surface area contributed by atoms with Gasteiger partial charge in [-0.25, -0.2) is 0 Å². The Morgan fingerprint density at radius 1 is 1.58 bits per heavy atom. The van der Waals surface area contributed by atoms with Gasteiger partial charge in [-0.15, -0.1) is 11.8 Å². The van der Waals surface area contributed by atoms with Crippen LogP contribution in [0.4, 0.5) is 5.69 Å². The summed E-state index contributed by atoms with van der Waals surface area (Å²) < 4.78 is 0. The minimum Gasteiger partial charge on any atom is -0.368 e. The Hall–Kier alpha value is -1.67. The number of rotatable bonds is 3. The number of thioether (sulfide) groups is 1. The Kier molecular flexibility index (Phi) is 4.33. The molecule has 0 aromatic heterocycles. The van der Waals surface area contributed by atoms with E-state index in [1.807, 2.05) is 24.5 Å². The summed E-state index contributed by atoms with van der Waals surface area (Å²) in [6, 6.07) is 8.41. The molecule has 1 aliphatic heterocycles. The lowest BCUT2D eigenvalue weighted by atomic mass is 10.2. The fraction of sp³-hybridized carbons (Fsp3) is 0.429. The van der Waals surface area contributed by atoms with Gasteiger partial charge in [-0.2, -0.15) is 5.26 Å². The molecule has 0 spiro atoms. The van der Waals surface area contributed by atoms with E-state index in [0.29, 0.717) is 0 Å². The molecule has 100 valence electrons. The van der Waals surface area contributed by atoms with Crippen LogP contribution < -0.4 is 10.2 Å². The van der Waals surface area contributed by atoms with E-state index < -0.39 is 0 Å². The zero-order valence-electron chi connectivity index (χ0n) is 11.1. The molecule has 4 nitrogen and oxygen atoms in total. The number of nitriles is 1. The number of carbonyl (C=O) groups excluding carboxylic acids is 1. The monoisotopic (exact) mass is 275 g/mol. The van der Waals surface area contributed by atoms with Crippen molar-refractivity contribution in [1.82, 2.24) is 5.32 Å². The number of hydrogen-bond acceptors (Lipinski definition) is 4. The van der Waals surface area contributed by atoms with E-state index in [1.165, 1.54) is 6.92 Å². The van der Waals surface area contributed by atoms with Gasteiger partial charge in [-0.1, -0.05) is 6.07 Å². The van der Waals surface area contributed by atoms with Crippen molar-refractivity contribution in [2.45, 2.75) is 24.3 Å². The lowest BCUT2D eigenvalue weighted by Gasteiger charge is -2.21. The van der Waals surface area contributed by atoms with E-state index in [4.69, 9.17) is 0 Å². The van der Waals surface area contributed by atoms with Crippen molar-refractivity contribution in [2.75, 3.05) is 24.2 Å². The normalized spacial score (nSPS) is 18.2. The Bertz CT molecular complexity index is 524. The van der Waals surface area contributed by atoms with Crippen LogP contribution in [-0.2, 0) is 4.79 Å². The van der Waals surface area contributed by atoms with Crippen LogP contribution in [0.15, 0.2) is 23.1 Å². The van der Waals surface area contributed by atoms with Crippen LogP contribution in [0.2, 0.25) is 0 Å². The highest BCUT2D eigenvalue weighted by Gasteiger charge is 2.25. The number of benzene rings is 1. The van der Waals surface area contributed by atoms with E-state index in [9.17, 15) is 10.1 Å². The molecule has 1 fully saturated rings. The third kappa shape index (κ3) is 3.02. The lowest BCUT2D eigenvalue weighted by Crippen LogP contribution is -2.35. The largest absolute Gasteiger partial charge is 0.368 e. The second kappa shape index (κ2) is 5.98. The summed E-state index contributed by atoms with van der Waals surface area (Å²) in [7, 11) is 0. The van der Waals surface area contributed by atoms with Crippen LogP contribution in [-0.4, -0.2) is 31.3 Å². The summed E-state index contributed by atoms with van der Waals surface area (Å²) in [6.45, 7) is 3.18. The van der Waals surface area contributed by atoms with Crippen molar-refractivity contribution >= 4 is 23.4 Å². The van der Waals surface area contributed by atoms with Gasteiger partial charge in [0, 0.05) is 31.0 Å². The van der Waals surface area contributed by atoms with Crippen molar-refractivity contribution < 1.29 is 4.79 Å². The van der Waals surface area contributed by atoms with Crippen LogP contribution in [0.3, 0.4) is 0 Å². The molecule has 0 bridgehead atoms.